The van der Waals surface area contributed by atoms with Gasteiger partial charge >= 0.3 is 0 Å². The van der Waals surface area contributed by atoms with Crippen LogP contribution >= 0.6 is 0 Å². The minimum Gasteiger partial charge on any atom is -1.00 e. The van der Waals surface area contributed by atoms with Gasteiger partial charge in [-0.15, -0.1) is 0 Å². The zero-order valence-corrected chi connectivity index (χ0v) is 11.0. The molecular formula is C14H17ClN2O. The molecule has 2 aromatic rings. The largest absolute Gasteiger partial charge is 1.00 e. The van der Waals surface area contributed by atoms with Crippen LogP contribution in [-0.4, -0.2) is 11.7 Å². The van der Waals surface area contributed by atoms with Crippen molar-refractivity contribution < 1.29 is 22.5 Å². The fourth-order valence-corrected chi connectivity index (χ4v) is 1.68. The lowest BCUT2D eigenvalue weighted by Gasteiger charge is -2.08. The number of nitrogens with one attached hydrogen (secondary N) is 2. The summed E-state index contributed by atoms with van der Waals surface area (Å²) in [6.07, 6.45) is 1.39. The first-order valence-corrected chi connectivity index (χ1v) is 5.71. The molecule has 1 aromatic heterocycles. The molecule has 0 saturated heterocycles. The Labute approximate surface area is 113 Å². The second kappa shape index (κ2) is 6.99. The highest BCUT2D eigenvalue weighted by Crippen LogP contribution is 2.12. The van der Waals surface area contributed by atoms with E-state index in [-0.39, 0.29) is 12.4 Å². The number of aliphatic hydroxyl groups excluding tert-OH is 1. The molecule has 1 atom stereocenters. The minimum absolute atomic E-state index is 0. The van der Waals surface area contributed by atoms with Crippen LogP contribution in [0.3, 0.4) is 0 Å². The van der Waals surface area contributed by atoms with Crippen LogP contribution in [0.5, 0.6) is 0 Å². The lowest BCUT2D eigenvalue weighted by atomic mass is 10.1. The van der Waals surface area contributed by atoms with Crippen molar-refractivity contribution in [3.63, 3.8) is 0 Å². The van der Waals surface area contributed by atoms with Gasteiger partial charge in [-0.25, -0.2) is 4.98 Å². The lowest BCUT2D eigenvalue weighted by molar-refractivity contribution is -0.361. The summed E-state index contributed by atoms with van der Waals surface area (Å²) in [5.41, 5.74) is 2.10. The SMILES string of the molecule is Cc1cc[nH+]c(NCC(O)c2ccccc2)c1.[Cl-]. The van der Waals surface area contributed by atoms with Crippen LogP contribution in [0, 0.1) is 6.92 Å². The molecule has 96 valence electrons. The minimum atomic E-state index is -0.495. The maximum absolute atomic E-state index is 9.97. The van der Waals surface area contributed by atoms with E-state index in [0.29, 0.717) is 6.54 Å². The third kappa shape index (κ3) is 4.02. The standard InChI is InChI=1S/C14H16N2O.ClH/c1-11-7-8-15-14(9-11)16-10-13(17)12-5-3-2-4-6-12;/h2-9,13,17H,10H2,1H3,(H,15,16);1H. The highest BCUT2D eigenvalue weighted by atomic mass is 35.5. The van der Waals surface area contributed by atoms with Crippen LogP contribution in [0.25, 0.3) is 0 Å². The first kappa shape index (κ1) is 14.5. The first-order chi connectivity index (χ1) is 8.25. The van der Waals surface area contributed by atoms with Crippen molar-refractivity contribution in [3.8, 4) is 0 Å². The van der Waals surface area contributed by atoms with E-state index in [1.54, 1.807) is 0 Å². The number of halogens is 1. The van der Waals surface area contributed by atoms with Gasteiger partial charge in [0, 0.05) is 6.07 Å². The van der Waals surface area contributed by atoms with Crippen LogP contribution in [0.1, 0.15) is 17.2 Å². The molecule has 3 N–H and O–H groups in total. The smallest absolute Gasteiger partial charge is 0.272 e. The average molecular weight is 265 g/mol. The molecule has 0 bridgehead atoms. The number of aromatic amines is 1. The number of H-pyrrole nitrogens is 1. The van der Waals surface area contributed by atoms with Crippen molar-refractivity contribution in [2.75, 3.05) is 11.9 Å². The number of hydrogen-bond acceptors (Lipinski definition) is 2. The van der Waals surface area contributed by atoms with E-state index in [0.717, 1.165) is 11.4 Å². The van der Waals surface area contributed by atoms with Gasteiger partial charge in [0.2, 0.25) is 0 Å². The van der Waals surface area contributed by atoms with Crippen molar-refractivity contribution in [1.29, 1.82) is 0 Å². The van der Waals surface area contributed by atoms with Crippen molar-refractivity contribution in [1.82, 2.24) is 0 Å². The van der Waals surface area contributed by atoms with E-state index in [2.05, 4.69) is 10.3 Å². The van der Waals surface area contributed by atoms with Crippen molar-refractivity contribution >= 4 is 5.82 Å². The quantitative estimate of drug-likeness (QED) is 0.741. The normalized spacial score (nSPS) is 11.4. The number of benzene rings is 1. The molecule has 3 nitrogen and oxygen atoms in total. The molecule has 1 aromatic carbocycles. The Bertz CT molecular complexity index is 476. The predicted octanol–water partition coefficient (Wildman–Crippen LogP) is -1.04. The molecule has 1 heterocycles. The highest BCUT2D eigenvalue weighted by Gasteiger charge is 2.10. The topological polar surface area (TPSA) is 46.4 Å². The van der Waals surface area contributed by atoms with Crippen LogP contribution in [0.2, 0.25) is 0 Å². The molecule has 0 aliphatic rings. The number of aromatic nitrogens is 1. The van der Waals surface area contributed by atoms with Gasteiger partial charge in [-0.05, 0) is 24.1 Å². The first-order valence-electron chi connectivity index (χ1n) is 5.71. The third-order valence-corrected chi connectivity index (χ3v) is 2.63. The van der Waals surface area contributed by atoms with Crippen LogP contribution in [0.4, 0.5) is 5.82 Å². The summed E-state index contributed by atoms with van der Waals surface area (Å²) >= 11 is 0. The van der Waals surface area contributed by atoms with Crippen molar-refractivity contribution in [2.24, 2.45) is 0 Å². The third-order valence-electron chi connectivity index (χ3n) is 2.63. The van der Waals surface area contributed by atoms with E-state index < -0.39 is 6.10 Å². The van der Waals surface area contributed by atoms with E-state index in [9.17, 15) is 5.11 Å². The highest BCUT2D eigenvalue weighted by molar-refractivity contribution is 5.32. The summed E-state index contributed by atoms with van der Waals surface area (Å²) in [5, 5.41) is 13.2. The van der Waals surface area contributed by atoms with Gasteiger partial charge < -0.3 is 17.5 Å². The summed E-state index contributed by atoms with van der Waals surface area (Å²) in [6, 6.07) is 13.7. The predicted molar refractivity (Wildman–Crippen MR) is 67.6 cm³/mol. The van der Waals surface area contributed by atoms with E-state index in [1.165, 1.54) is 5.56 Å². The molecule has 0 spiro atoms. The molecule has 0 saturated carbocycles. The van der Waals surface area contributed by atoms with Gasteiger partial charge in [0.25, 0.3) is 5.82 Å². The van der Waals surface area contributed by atoms with Crippen LogP contribution in [-0.2, 0) is 0 Å². The Balaban J connectivity index is 0.00000162. The Morgan fingerprint density at radius 1 is 1.22 bits per heavy atom. The lowest BCUT2D eigenvalue weighted by Crippen LogP contribution is -3.00. The average Bonchev–Trinajstić information content (AvgIpc) is 2.37. The van der Waals surface area contributed by atoms with E-state index >= 15 is 0 Å². The van der Waals surface area contributed by atoms with Gasteiger partial charge in [0.05, 0.1) is 6.20 Å². The van der Waals surface area contributed by atoms with Gasteiger partial charge in [-0.2, -0.15) is 0 Å². The number of aliphatic hydroxyl groups is 1. The molecule has 0 radical (unpaired) electrons. The van der Waals surface area contributed by atoms with Gasteiger partial charge in [-0.1, -0.05) is 30.3 Å². The Kier molecular flexibility index (Phi) is 5.62. The molecule has 18 heavy (non-hydrogen) atoms. The number of anilines is 1. The Morgan fingerprint density at radius 2 is 1.94 bits per heavy atom. The summed E-state index contributed by atoms with van der Waals surface area (Å²) in [4.78, 5) is 3.09. The van der Waals surface area contributed by atoms with Crippen LogP contribution < -0.4 is 22.7 Å². The number of hydrogen-bond donors (Lipinski definition) is 2. The fraction of sp³-hybridized carbons (Fsp3) is 0.214. The van der Waals surface area contributed by atoms with Gasteiger partial charge in [0.15, 0.2) is 0 Å². The molecule has 2 rings (SSSR count). The summed E-state index contributed by atoms with van der Waals surface area (Å²) in [6.45, 7) is 2.52. The van der Waals surface area contributed by atoms with Crippen LogP contribution in [0.15, 0.2) is 48.7 Å². The zero-order chi connectivity index (χ0) is 12.1. The maximum Gasteiger partial charge on any atom is 0.272 e. The molecule has 0 fully saturated rings. The second-order valence-corrected chi connectivity index (χ2v) is 4.09. The molecular weight excluding hydrogens is 248 g/mol. The van der Waals surface area contributed by atoms with Gasteiger partial charge in [0.1, 0.15) is 12.6 Å². The van der Waals surface area contributed by atoms with Crippen molar-refractivity contribution in [3.05, 3.63) is 59.8 Å². The molecule has 0 amide bonds. The van der Waals surface area contributed by atoms with E-state index in [1.807, 2.05) is 55.6 Å². The summed E-state index contributed by atoms with van der Waals surface area (Å²) in [5.74, 6) is 0.917. The maximum atomic E-state index is 9.97. The number of pyridine rings is 1. The Hall–Kier alpha value is -1.58. The molecule has 1 unspecified atom stereocenters. The van der Waals surface area contributed by atoms with Gasteiger partial charge in [-0.3, -0.25) is 5.32 Å². The zero-order valence-electron chi connectivity index (χ0n) is 10.2. The summed E-state index contributed by atoms with van der Waals surface area (Å²) < 4.78 is 0. The fourth-order valence-electron chi connectivity index (χ4n) is 1.68. The van der Waals surface area contributed by atoms with E-state index in [4.69, 9.17) is 0 Å². The Morgan fingerprint density at radius 3 is 2.61 bits per heavy atom. The monoisotopic (exact) mass is 264 g/mol. The summed E-state index contributed by atoms with van der Waals surface area (Å²) in [7, 11) is 0. The van der Waals surface area contributed by atoms with Crippen molar-refractivity contribution in [2.45, 2.75) is 13.0 Å². The number of aryl methyl sites for hydroxylation is 1. The molecule has 0 aliphatic carbocycles. The number of rotatable bonds is 4. The molecule has 4 heteroatoms. The molecule has 0 aliphatic heterocycles. The second-order valence-electron chi connectivity index (χ2n) is 4.09.